The molecule has 1 rings (SSSR count). The Morgan fingerprint density at radius 1 is 1.42 bits per heavy atom. The van der Waals surface area contributed by atoms with Gasteiger partial charge in [-0.3, -0.25) is 0 Å². The van der Waals surface area contributed by atoms with Gasteiger partial charge < -0.3 is 15.0 Å². The summed E-state index contributed by atoms with van der Waals surface area (Å²) in [7, 11) is 3.83. The van der Waals surface area contributed by atoms with Crippen molar-refractivity contribution in [3.05, 3.63) is 23.9 Å². The third kappa shape index (κ3) is 6.03. The van der Waals surface area contributed by atoms with E-state index in [-0.39, 0.29) is 0 Å². The molecule has 0 bridgehead atoms. The summed E-state index contributed by atoms with van der Waals surface area (Å²) < 4.78 is 5.03. The zero-order valence-corrected chi connectivity index (χ0v) is 12.6. The summed E-state index contributed by atoms with van der Waals surface area (Å²) in [6.07, 6.45) is 3.05. The van der Waals surface area contributed by atoms with Crippen molar-refractivity contribution in [2.75, 3.05) is 38.8 Å². The number of pyridine rings is 1. The van der Waals surface area contributed by atoms with E-state index >= 15 is 0 Å². The molecule has 0 aliphatic carbocycles. The van der Waals surface area contributed by atoms with E-state index in [0.717, 1.165) is 38.0 Å². The number of methoxy groups -OCH3 is 1. The van der Waals surface area contributed by atoms with Crippen molar-refractivity contribution in [2.45, 2.75) is 26.8 Å². The van der Waals surface area contributed by atoms with Crippen molar-refractivity contribution >= 4 is 5.82 Å². The van der Waals surface area contributed by atoms with Gasteiger partial charge in [0, 0.05) is 45.6 Å². The second-order valence-electron chi connectivity index (χ2n) is 5.26. The van der Waals surface area contributed by atoms with Gasteiger partial charge in [-0.1, -0.05) is 19.9 Å². The van der Waals surface area contributed by atoms with Gasteiger partial charge in [0.15, 0.2) is 0 Å². The highest BCUT2D eigenvalue weighted by Gasteiger charge is 2.08. The van der Waals surface area contributed by atoms with E-state index in [0.29, 0.717) is 0 Å². The zero-order chi connectivity index (χ0) is 14.1. The topological polar surface area (TPSA) is 37.4 Å². The maximum Gasteiger partial charge on any atom is 0.132 e. The average molecular weight is 265 g/mol. The van der Waals surface area contributed by atoms with Gasteiger partial charge in [0.1, 0.15) is 5.82 Å². The summed E-state index contributed by atoms with van der Waals surface area (Å²) in [5.41, 5.74) is 1.24. The first kappa shape index (κ1) is 15.9. The zero-order valence-electron chi connectivity index (χ0n) is 12.6. The Balaban J connectivity index is 2.56. The first-order chi connectivity index (χ1) is 9.15. The van der Waals surface area contributed by atoms with Crippen LogP contribution in [0, 0.1) is 5.92 Å². The summed E-state index contributed by atoms with van der Waals surface area (Å²) in [6, 6.07) is 4.13. The molecule has 1 heterocycles. The lowest BCUT2D eigenvalue weighted by molar-refractivity contribution is 0.199. The third-order valence-corrected chi connectivity index (χ3v) is 3.07. The predicted molar refractivity (Wildman–Crippen MR) is 80.5 cm³/mol. The van der Waals surface area contributed by atoms with Gasteiger partial charge in [-0.2, -0.15) is 0 Å². The maximum atomic E-state index is 5.03. The first-order valence-electron chi connectivity index (χ1n) is 6.99. The van der Waals surface area contributed by atoms with Crippen LogP contribution in [0.15, 0.2) is 18.3 Å². The summed E-state index contributed by atoms with van der Waals surface area (Å²) in [6.45, 7) is 7.97. The molecule has 0 aromatic carbocycles. The van der Waals surface area contributed by atoms with Crippen LogP contribution in [0.4, 0.5) is 5.82 Å². The van der Waals surface area contributed by atoms with E-state index in [1.165, 1.54) is 12.0 Å². The lowest BCUT2D eigenvalue weighted by Gasteiger charge is -2.22. The average Bonchev–Trinajstić information content (AvgIpc) is 2.41. The SMILES string of the molecule is COCCNCc1cccnc1N(C)CCC(C)C. The van der Waals surface area contributed by atoms with Crippen LogP contribution in [0.2, 0.25) is 0 Å². The normalized spacial score (nSPS) is 11.0. The molecular weight excluding hydrogens is 238 g/mol. The largest absolute Gasteiger partial charge is 0.383 e. The molecule has 1 aromatic heterocycles. The number of anilines is 1. The number of rotatable bonds is 9. The van der Waals surface area contributed by atoms with Gasteiger partial charge in [0.05, 0.1) is 6.61 Å². The molecule has 1 N–H and O–H groups in total. The van der Waals surface area contributed by atoms with Gasteiger partial charge in [-0.05, 0) is 18.4 Å². The number of hydrogen-bond acceptors (Lipinski definition) is 4. The van der Waals surface area contributed by atoms with Crippen molar-refractivity contribution in [3.8, 4) is 0 Å². The highest BCUT2D eigenvalue weighted by atomic mass is 16.5. The Bertz CT molecular complexity index is 355. The smallest absolute Gasteiger partial charge is 0.132 e. The summed E-state index contributed by atoms with van der Waals surface area (Å²) in [5.74, 6) is 1.79. The Hall–Kier alpha value is -1.13. The van der Waals surface area contributed by atoms with Crippen LogP contribution in [0.3, 0.4) is 0 Å². The molecule has 0 aliphatic heterocycles. The molecule has 0 saturated carbocycles. The van der Waals surface area contributed by atoms with Crippen molar-refractivity contribution in [1.29, 1.82) is 0 Å². The van der Waals surface area contributed by atoms with Crippen molar-refractivity contribution in [3.63, 3.8) is 0 Å². The Labute approximate surface area is 117 Å². The van der Waals surface area contributed by atoms with Crippen LogP contribution >= 0.6 is 0 Å². The van der Waals surface area contributed by atoms with Crippen molar-refractivity contribution in [1.82, 2.24) is 10.3 Å². The molecule has 1 aromatic rings. The molecule has 0 saturated heterocycles. The lowest BCUT2D eigenvalue weighted by atomic mass is 10.1. The second-order valence-corrected chi connectivity index (χ2v) is 5.26. The van der Waals surface area contributed by atoms with Crippen LogP contribution in [0.5, 0.6) is 0 Å². The van der Waals surface area contributed by atoms with Crippen molar-refractivity contribution < 1.29 is 4.74 Å². The van der Waals surface area contributed by atoms with Crippen molar-refractivity contribution in [2.24, 2.45) is 5.92 Å². The molecule has 4 nitrogen and oxygen atoms in total. The quantitative estimate of drug-likeness (QED) is 0.695. The molecule has 0 unspecified atom stereocenters. The number of hydrogen-bond donors (Lipinski definition) is 1. The van der Waals surface area contributed by atoms with Gasteiger partial charge >= 0.3 is 0 Å². The Morgan fingerprint density at radius 3 is 2.89 bits per heavy atom. The standard InChI is InChI=1S/C15H27N3O/c1-13(2)7-10-18(3)15-14(6-5-8-17-15)12-16-9-11-19-4/h5-6,8,13,16H,7,9-12H2,1-4H3. The van der Waals surface area contributed by atoms with E-state index in [2.05, 4.69) is 42.2 Å². The summed E-state index contributed by atoms with van der Waals surface area (Å²) >= 11 is 0. The number of nitrogens with one attached hydrogen (secondary N) is 1. The number of ether oxygens (including phenoxy) is 1. The fraction of sp³-hybridized carbons (Fsp3) is 0.667. The van der Waals surface area contributed by atoms with Crippen LogP contribution < -0.4 is 10.2 Å². The molecule has 0 aliphatic rings. The summed E-state index contributed by atoms with van der Waals surface area (Å²) in [5, 5.41) is 3.37. The first-order valence-corrected chi connectivity index (χ1v) is 6.99. The van der Waals surface area contributed by atoms with Gasteiger partial charge in [-0.25, -0.2) is 4.98 Å². The van der Waals surface area contributed by atoms with Crippen LogP contribution in [0.25, 0.3) is 0 Å². The Morgan fingerprint density at radius 2 is 2.21 bits per heavy atom. The van der Waals surface area contributed by atoms with Gasteiger partial charge in [0.2, 0.25) is 0 Å². The number of nitrogens with zero attached hydrogens (tertiary/aromatic N) is 2. The van der Waals surface area contributed by atoms with E-state index in [1.807, 2.05) is 12.3 Å². The van der Waals surface area contributed by atoms with E-state index in [9.17, 15) is 0 Å². The molecule has 0 spiro atoms. The minimum absolute atomic E-state index is 0.717. The molecule has 108 valence electrons. The molecule has 0 fully saturated rings. The summed E-state index contributed by atoms with van der Waals surface area (Å²) in [4.78, 5) is 6.75. The van der Waals surface area contributed by atoms with Crippen LogP contribution in [0.1, 0.15) is 25.8 Å². The minimum Gasteiger partial charge on any atom is -0.383 e. The molecule has 4 heteroatoms. The monoisotopic (exact) mass is 265 g/mol. The second kappa shape index (κ2) is 8.88. The van der Waals surface area contributed by atoms with Crippen LogP contribution in [-0.2, 0) is 11.3 Å². The number of aromatic nitrogens is 1. The van der Waals surface area contributed by atoms with E-state index in [4.69, 9.17) is 4.74 Å². The van der Waals surface area contributed by atoms with Crippen LogP contribution in [-0.4, -0.2) is 38.8 Å². The minimum atomic E-state index is 0.717. The maximum absolute atomic E-state index is 5.03. The molecule has 0 amide bonds. The fourth-order valence-corrected chi connectivity index (χ4v) is 1.87. The molecule has 0 atom stereocenters. The molecule has 0 radical (unpaired) electrons. The lowest BCUT2D eigenvalue weighted by Crippen LogP contribution is -2.25. The predicted octanol–water partition coefficient (Wildman–Crippen LogP) is 2.30. The fourth-order valence-electron chi connectivity index (χ4n) is 1.87. The van der Waals surface area contributed by atoms with Gasteiger partial charge in [-0.15, -0.1) is 0 Å². The molecular formula is C15H27N3O. The third-order valence-electron chi connectivity index (χ3n) is 3.07. The highest BCUT2D eigenvalue weighted by molar-refractivity contribution is 5.45. The molecule has 19 heavy (non-hydrogen) atoms. The Kier molecular flexibility index (Phi) is 7.45. The van der Waals surface area contributed by atoms with E-state index in [1.54, 1.807) is 7.11 Å². The van der Waals surface area contributed by atoms with Gasteiger partial charge in [0.25, 0.3) is 0 Å². The van der Waals surface area contributed by atoms with E-state index < -0.39 is 0 Å². The highest BCUT2D eigenvalue weighted by Crippen LogP contribution is 2.16.